The Kier molecular flexibility index (Phi) is 5.59. The highest BCUT2D eigenvalue weighted by Gasteiger charge is 2.16. The van der Waals surface area contributed by atoms with Crippen LogP contribution in [0.1, 0.15) is 31.3 Å². The van der Waals surface area contributed by atoms with Gasteiger partial charge in [0.1, 0.15) is 22.8 Å². The number of hydrogen-bond acceptors (Lipinski definition) is 6. The van der Waals surface area contributed by atoms with E-state index >= 15 is 0 Å². The van der Waals surface area contributed by atoms with Gasteiger partial charge in [-0.15, -0.1) is 0 Å². The van der Waals surface area contributed by atoms with Crippen LogP contribution < -0.4 is 10.1 Å². The van der Waals surface area contributed by atoms with Crippen molar-refractivity contribution in [3.63, 3.8) is 0 Å². The molecule has 2 aromatic rings. The SMILES string of the molecule is COC(=O)c1ccc(Oc2cccc(NC(=O)OC(C)(C)C)c2)cn1. The fourth-order valence-electron chi connectivity index (χ4n) is 1.86. The molecule has 0 radical (unpaired) electrons. The standard InChI is InChI=1S/C18H20N2O5/c1-18(2,3)25-17(22)20-12-6-5-7-13(10-12)24-14-8-9-15(19-11-14)16(21)23-4/h5-11H,1-4H3,(H,20,22). The van der Waals surface area contributed by atoms with Gasteiger partial charge in [0.15, 0.2) is 0 Å². The average Bonchev–Trinajstić information content (AvgIpc) is 2.53. The molecule has 1 amide bonds. The van der Waals surface area contributed by atoms with E-state index < -0.39 is 17.7 Å². The van der Waals surface area contributed by atoms with Crippen LogP contribution in [0, 0.1) is 0 Å². The minimum atomic E-state index is -0.578. The molecule has 0 atom stereocenters. The highest BCUT2D eigenvalue weighted by molar-refractivity contribution is 5.87. The molecule has 1 heterocycles. The van der Waals surface area contributed by atoms with E-state index in [2.05, 4.69) is 15.0 Å². The van der Waals surface area contributed by atoms with Gasteiger partial charge in [0.25, 0.3) is 0 Å². The van der Waals surface area contributed by atoms with E-state index in [0.29, 0.717) is 17.2 Å². The summed E-state index contributed by atoms with van der Waals surface area (Å²) in [5.41, 5.74) is 0.145. The average molecular weight is 344 g/mol. The van der Waals surface area contributed by atoms with E-state index in [0.717, 1.165) is 0 Å². The van der Waals surface area contributed by atoms with Crippen LogP contribution in [0.15, 0.2) is 42.6 Å². The number of anilines is 1. The molecule has 0 fully saturated rings. The van der Waals surface area contributed by atoms with Gasteiger partial charge >= 0.3 is 12.1 Å². The summed E-state index contributed by atoms with van der Waals surface area (Å²) in [7, 11) is 1.29. The molecule has 0 aliphatic carbocycles. The molecule has 0 bridgehead atoms. The lowest BCUT2D eigenvalue weighted by Gasteiger charge is -2.19. The molecule has 1 aromatic heterocycles. The van der Waals surface area contributed by atoms with E-state index in [1.165, 1.54) is 19.4 Å². The second kappa shape index (κ2) is 7.65. The molecular formula is C18H20N2O5. The number of hydrogen-bond donors (Lipinski definition) is 1. The van der Waals surface area contributed by atoms with Crippen molar-refractivity contribution >= 4 is 17.7 Å². The molecule has 0 aliphatic rings. The van der Waals surface area contributed by atoms with Gasteiger partial charge in [-0.25, -0.2) is 14.6 Å². The second-order valence-corrected chi connectivity index (χ2v) is 6.13. The van der Waals surface area contributed by atoms with Crippen molar-refractivity contribution in [2.24, 2.45) is 0 Å². The fraction of sp³-hybridized carbons (Fsp3) is 0.278. The van der Waals surface area contributed by atoms with Crippen molar-refractivity contribution in [1.82, 2.24) is 4.98 Å². The van der Waals surface area contributed by atoms with Gasteiger partial charge in [-0.2, -0.15) is 0 Å². The number of nitrogens with zero attached hydrogens (tertiary/aromatic N) is 1. The number of methoxy groups -OCH3 is 1. The molecule has 0 aliphatic heterocycles. The molecule has 0 saturated carbocycles. The molecular weight excluding hydrogens is 324 g/mol. The lowest BCUT2D eigenvalue weighted by Crippen LogP contribution is -2.27. The molecule has 7 nitrogen and oxygen atoms in total. The summed E-state index contributed by atoms with van der Waals surface area (Å²) >= 11 is 0. The number of nitrogens with one attached hydrogen (secondary N) is 1. The van der Waals surface area contributed by atoms with Crippen LogP contribution in [0.25, 0.3) is 0 Å². The number of ether oxygens (including phenoxy) is 3. The highest BCUT2D eigenvalue weighted by Crippen LogP contribution is 2.24. The number of esters is 1. The third-order valence-corrected chi connectivity index (χ3v) is 2.85. The van der Waals surface area contributed by atoms with Crippen LogP contribution in [-0.4, -0.2) is 29.8 Å². The molecule has 1 aromatic carbocycles. The predicted octanol–water partition coefficient (Wildman–Crippen LogP) is 4.01. The maximum Gasteiger partial charge on any atom is 0.412 e. The van der Waals surface area contributed by atoms with Crippen molar-refractivity contribution in [3.8, 4) is 11.5 Å². The van der Waals surface area contributed by atoms with E-state index in [-0.39, 0.29) is 5.69 Å². The Balaban J connectivity index is 2.04. The monoisotopic (exact) mass is 344 g/mol. The first-order chi connectivity index (χ1) is 11.8. The number of aromatic nitrogens is 1. The van der Waals surface area contributed by atoms with Gasteiger partial charge in [0.2, 0.25) is 0 Å². The summed E-state index contributed by atoms with van der Waals surface area (Å²) in [6, 6.07) is 9.94. The minimum absolute atomic E-state index is 0.190. The first-order valence-electron chi connectivity index (χ1n) is 7.59. The molecule has 0 saturated heterocycles. The Hall–Kier alpha value is -3.09. The molecule has 0 unspecified atom stereocenters. The minimum Gasteiger partial charge on any atom is -0.464 e. The van der Waals surface area contributed by atoms with E-state index in [1.807, 2.05) is 0 Å². The Morgan fingerprint density at radius 2 is 1.84 bits per heavy atom. The first-order valence-corrected chi connectivity index (χ1v) is 7.59. The van der Waals surface area contributed by atoms with Gasteiger partial charge in [0, 0.05) is 11.8 Å². The Bertz CT molecular complexity index is 751. The lowest BCUT2D eigenvalue weighted by atomic mass is 10.2. The van der Waals surface area contributed by atoms with Crippen molar-refractivity contribution in [3.05, 3.63) is 48.3 Å². The summed E-state index contributed by atoms with van der Waals surface area (Å²) in [6.45, 7) is 5.37. The van der Waals surface area contributed by atoms with Gasteiger partial charge in [-0.05, 0) is 45.0 Å². The van der Waals surface area contributed by atoms with E-state index in [9.17, 15) is 9.59 Å². The number of benzene rings is 1. The number of carbonyl (C=O) groups is 2. The topological polar surface area (TPSA) is 86.8 Å². The first kappa shape index (κ1) is 18.3. The van der Waals surface area contributed by atoms with Crippen LogP contribution in [0.5, 0.6) is 11.5 Å². The third-order valence-electron chi connectivity index (χ3n) is 2.85. The van der Waals surface area contributed by atoms with Crippen LogP contribution >= 0.6 is 0 Å². The summed E-state index contributed by atoms with van der Waals surface area (Å²) < 4.78 is 15.5. The second-order valence-electron chi connectivity index (χ2n) is 6.13. The molecule has 2 rings (SSSR count). The van der Waals surface area contributed by atoms with E-state index in [1.54, 1.807) is 51.1 Å². The van der Waals surface area contributed by atoms with Gasteiger partial charge < -0.3 is 14.2 Å². The largest absolute Gasteiger partial charge is 0.464 e. The number of rotatable bonds is 4. The normalized spacial score (nSPS) is 10.7. The quantitative estimate of drug-likeness (QED) is 0.843. The molecule has 0 spiro atoms. The Labute approximate surface area is 145 Å². The highest BCUT2D eigenvalue weighted by atomic mass is 16.6. The zero-order valence-corrected chi connectivity index (χ0v) is 14.5. The van der Waals surface area contributed by atoms with Gasteiger partial charge in [-0.1, -0.05) is 6.07 Å². The van der Waals surface area contributed by atoms with Crippen LogP contribution in [0.3, 0.4) is 0 Å². The predicted molar refractivity (Wildman–Crippen MR) is 91.9 cm³/mol. The molecule has 132 valence electrons. The third kappa shape index (κ3) is 5.80. The Morgan fingerprint density at radius 1 is 1.08 bits per heavy atom. The maximum atomic E-state index is 11.8. The zero-order chi connectivity index (χ0) is 18.4. The van der Waals surface area contributed by atoms with E-state index in [4.69, 9.17) is 9.47 Å². The summed E-state index contributed by atoms with van der Waals surface area (Å²) in [6.07, 6.45) is 0.869. The smallest absolute Gasteiger partial charge is 0.412 e. The number of carbonyl (C=O) groups excluding carboxylic acids is 2. The van der Waals surface area contributed by atoms with Crippen molar-refractivity contribution in [1.29, 1.82) is 0 Å². The lowest BCUT2D eigenvalue weighted by molar-refractivity contribution is 0.0591. The number of pyridine rings is 1. The zero-order valence-electron chi connectivity index (χ0n) is 14.5. The van der Waals surface area contributed by atoms with Crippen molar-refractivity contribution in [2.75, 3.05) is 12.4 Å². The summed E-state index contributed by atoms with van der Waals surface area (Å²) in [5, 5.41) is 2.64. The van der Waals surface area contributed by atoms with Crippen LogP contribution in [0.2, 0.25) is 0 Å². The van der Waals surface area contributed by atoms with Crippen LogP contribution in [0.4, 0.5) is 10.5 Å². The van der Waals surface area contributed by atoms with Crippen molar-refractivity contribution in [2.45, 2.75) is 26.4 Å². The van der Waals surface area contributed by atoms with Gasteiger partial charge in [-0.3, -0.25) is 5.32 Å². The fourth-order valence-corrected chi connectivity index (χ4v) is 1.86. The van der Waals surface area contributed by atoms with Crippen molar-refractivity contribution < 1.29 is 23.8 Å². The number of amides is 1. The maximum absolute atomic E-state index is 11.8. The van der Waals surface area contributed by atoms with Crippen LogP contribution in [-0.2, 0) is 9.47 Å². The molecule has 1 N–H and O–H groups in total. The summed E-state index contributed by atoms with van der Waals surface area (Å²) in [5.74, 6) is 0.429. The summed E-state index contributed by atoms with van der Waals surface area (Å²) in [4.78, 5) is 27.1. The molecule has 7 heteroatoms. The Morgan fingerprint density at radius 3 is 2.44 bits per heavy atom. The molecule has 25 heavy (non-hydrogen) atoms. The van der Waals surface area contributed by atoms with Gasteiger partial charge in [0.05, 0.1) is 13.3 Å².